The SMILES string of the molecule is O=C1C(=Cc2cc(Br)ccc2OCc2ccc(F)cc2)C(=O)N(c2ccccc2)C(=S)N1c1ccccc1. The molecule has 0 radical (unpaired) electrons. The van der Waals surface area contributed by atoms with E-state index in [0.29, 0.717) is 22.7 Å². The minimum atomic E-state index is -0.539. The summed E-state index contributed by atoms with van der Waals surface area (Å²) in [5.41, 5.74) is 2.31. The van der Waals surface area contributed by atoms with Crippen LogP contribution in [0.15, 0.2) is 113 Å². The molecule has 0 atom stereocenters. The number of nitrogens with zero attached hydrogens (tertiary/aromatic N) is 2. The summed E-state index contributed by atoms with van der Waals surface area (Å²) >= 11 is 9.12. The summed E-state index contributed by atoms with van der Waals surface area (Å²) in [5.74, 6) is -0.956. The monoisotopic (exact) mass is 586 g/mol. The average molecular weight is 587 g/mol. The first-order valence-corrected chi connectivity index (χ1v) is 12.8. The number of benzene rings is 4. The van der Waals surface area contributed by atoms with Gasteiger partial charge in [0.2, 0.25) is 0 Å². The van der Waals surface area contributed by atoms with Gasteiger partial charge in [-0.05, 0) is 78.5 Å². The molecule has 0 unspecified atom stereocenters. The number of hydrogen-bond donors (Lipinski definition) is 0. The highest BCUT2D eigenvalue weighted by atomic mass is 79.9. The van der Waals surface area contributed by atoms with Gasteiger partial charge in [0.25, 0.3) is 11.8 Å². The van der Waals surface area contributed by atoms with E-state index < -0.39 is 11.8 Å². The van der Waals surface area contributed by atoms with Gasteiger partial charge in [0.1, 0.15) is 23.7 Å². The lowest BCUT2D eigenvalue weighted by molar-refractivity contribution is -0.120. The van der Waals surface area contributed by atoms with E-state index in [1.54, 1.807) is 78.9 Å². The van der Waals surface area contributed by atoms with Crippen LogP contribution in [0.2, 0.25) is 0 Å². The predicted octanol–water partition coefficient (Wildman–Crippen LogP) is 6.92. The number of para-hydroxylation sites is 2. The van der Waals surface area contributed by atoms with Crippen LogP contribution in [-0.2, 0) is 16.2 Å². The second-order valence-electron chi connectivity index (χ2n) is 8.39. The highest BCUT2D eigenvalue weighted by molar-refractivity contribution is 9.10. The highest BCUT2D eigenvalue weighted by Gasteiger charge is 2.41. The van der Waals surface area contributed by atoms with Gasteiger partial charge in [-0.25, -0.2) is 4.39 Å². The first-order valence-electron chi connectivity index (χ1n) is 11.6. The normalized spacial score (nSPS) is 13.6. The minimum absolute atomic E-state index is 0.0663. The maximum Gasteiger partial charge on any atom is 0.270 e. The number of ether oxygens (including phenoxy) is 1. The van der Waals surface area contributed by atoms with Crippen LogP contribution in [0.1, 0.15) is 11.1 Å². The van der Waals surface area contributed by atoms with Gasteiger partial charge >= 0.3 is 0 Å². The largest absolute Gasteiger partial charge is 0.488 e. The van der Waals surface area contributed by atoms with Crippen LogP contribution in [0.3, 0.4) is 0 Å². The summed E-state index contributed by atoms with van der Waals surface area (Å²) in [6.07, 6.45) is 1.52. The van der Waals surface area contributed by atoms with Crippen molar-refractivity contribution in [1.29, 1.82) is 0 Å². The number of anilines is 2. The van der Waals surface area contributed by atoms with E-state index in [4.69, 9.17) is 17.0 Å². The van der Waals surface area contributed by atoms with Crippen LogP contribution in [0.25, 0.3) is 6.08 Å². The van der Waals surface area contributed by atoms with Crippen molar-refractivity contribution in [2.24, 2.45) is 0 Å². The van der Waals surface area contributed by atoms with Crippen molar-refractivity contribution >= 4 is 62.5 Å². The Kier molecular flexibility index (Phi) is 7.44. The molecule has 38 heavy (non-hydrogen) atoms. The number of thiocarbonyl (C=S) groups is 1. The first kappa shape index (κ1) is 25.5. The van der Waals surface area contributed by atoms with E-state index in [2.05, 4.69) is 15.9 Å². The van der Waals surface area contributed by atoms with E-state index in [1.165, 1.54) is 28.0 Å². The molecular weight excluding hydrogens is 567 g/mol. The van der Waals surface area contributed by atoms with Crippen molar-refractivity contribution in [3.63, 3.8) is 0 Å². The van der Waals surface area contributed by atoms with Crippen LogP contribution < -0.4 is 14.5 Å². The predicted molar refractivity (Wildman–Crippen MR) is 153 cm³/mol. The summed E-state index contributed by atoms with van der Waals surface area (Å²) in [5, 5.41) is 0.0663. The third kappa shape index (κ3) is 5.27. The zero-order valence-electron chi connectivity index (χ0n) is 19.9. The van der Waals surface area contributed by atoms with Gasteiger partial charge in [0.05, 0.1) is 11.4 Å². The molecule has 0 aromatic heterocycles. The van der Waals surface area contributed by atoms with E-state index in [1.807, 2.05) is 12.1 Å². The van der Waals surface area contributed by atoms with Gasteiger partial charge in [0, 0.05) is 10.0 Å². The topological polar surface area (TPSA) is 49.9 Å². The molecule has 0 saturated carbocycles. The molecular formula is C30H20BrFN2O3S. The maximum atomic E-state index is 13.8. The zero-order chi connectivity index (χ0) is 26.6. The quantitative estimate of drug-likeness (QED) is 0.140. The molecule has 188 valence electrons. The first-order chi connectivity index (χ1) is 18.4. The van der Waals surface area contributed by atoms with Crippen molar-refractivity contribution in [3.8, 4) is 5.75 Å². The Morgan fingerprint density at radius 2 is 1.34 bits per heavy atom. The van der Waals surface area contributed by atoms with Crippen molar-refractivity contribution < 1.29 is 18.7 Å². The fraction of sp³-hybridized carbons (Fsp3) is 0.0333. The number of hydrogen-bond acceptors (Lipinski definition) is 4. The molecule has 1 heterocycles. The molecule has 0 bridgehead atoms. The fourth-order valence-corrected chi connectivity index (χ4v) is 4.76. The van der Waals surface area contributed by atoms with Crippen molar-refractivity contribution in [2.45, 2.75) is 6.61 Å². The number of carbonyl (C=O) groups excluding carboxylic acids is 2. The molecule has 5 nitrogen and oxygen atoms in total. The number of halogens is 2. The zero-order valence-corrected chi connectivity index (χ0v) is 22.3. The molecule has 1 aliphatic rings. The molecule has 4 aromatic rings. The maximum absolute atomic E-state index is 13.8. The standard InChI is InChI=1S/C30H20BrFN2O3S/c31-22-13-16-27(37-19-20-11-14-23(32)15-12-20)21(17-22)18-26-28(35)33(24-7-3-1-4-8-24)30(38)34(29(26)36)25-9-5-2-6-10-25/h1-18H,19H2. The molecule has 1 aliphatic heterocycles. The molecule has 0 aliphatic carbocycles. The summed E-state index contributed by atoms with van der Waals surface area (Å²) in [6.45, 7) is 0.177. The van der Waals surface area contributed by atoms with Gasteiger partial charge in [-0.3, -0.25) is 19.4 Å². The molecule has 1 saturated heterocycles. The Balaban J connectivity index is 1.57. The van der Waals surface area contributed by atoms with Gasteiger partial charge in [-0.2, -0.15) is 0 Å². The number of rotatable bonds is 6. The van der Waals surface area contributed by atoms with Crippen LogP contribution in [0, 0.1) is 5.82 Å². The summed E-state index contributed by atoms with van der Waals surface area (Å²) in [6, 6.07) is 29.2. The van der Waals surface area contributed by atoms with E-state index in [-0.39, 0.29) is 23.1 Å². The van der Waals surface area contributed by atoms with Crippen LogP contribution in [0.4, 0.5) is 15.8 Å². The second kappa shape index (κ2) is 11.1. The summed E-state index contributed by atoms with van der Waals surface area (Å²) in [7, 11) is 0. The third-order valence-corrected chi connectivity index (χ3v) is 6.72. The van der Waals surface area contributed by atoms with Gasteiger partial charge in [-0.1, -0.05) is 64.5 Å². The van der Waals surface area contributed by atoms with Crippen molar-refractivity contribution in [1.82, 2.24) is 0 Å². The lowest BCUT2D eigenvalue weighted by atomic mass is 10.0. The molecule has 0 spiro atoms. The Hall–Kier alpha value is -4.14. The third-order valence-electron chi connectivity index (χ3n) is 5.86. The Morgan fingerprint density at radius 1 is 0.789 bits per heavy atom. The molecule has 4 aromatic carbocycles. The van der Waals surface area contributed by atoms with Crippen LogP contribution >= 0.6 is 28.1 Å². The van der Waals surface area contributed by atoms with E-state index in [9.17, 15) is 14.0 Å². The van der Waals surface area contributed by atoms with Crippen molar-refractivity contribution in [3.05, 3.63) is 130 Å². The average Bonchev–Trinajstić information content (AvgIpc) is 2.93. The summed E-state index contributed by atoms with van der Waals surface area (Å²) in [4.78, 5) is 30.2. The van der Waals surface area contributed by atoms with Crippen LogP contribution in [0.5, 0.6) is 5.75 Å². The van der Waals surface area contributed by atoms with E-state index in [0.717, 1.165) is 10.0 Å². The number of amides is 2. The van der Waals surface area contributed by atoms with Crippen molar-refractivity contribution in [2.75, 3.05) is 9.80 Å². The lowest BCUT2D eigenvalue weighted by Gasteiger charge is -2.36. The molecule has 8 heteroatoms. The molecule has 2 amide bonds. The lowest BCUT2D eigenvalue weighted by Crippen LogP contribution is -2.56. The molecule has 1 fully saturated rings. The van der Waals surface area contributed by atoms with E-state index >= 15 is 0 Å². The van der Waals surface area contributed by atoms with Crippen LogP contribution in [-0.4, -0.2) is 16.9 Å². The smallest absolute Gasteiger partial charge is 0.270 e. The molecule has 0 N–H and O–H groups in total. The fourth-order valence-electron chi connectivity index (χ4n) is 4.00. The highest BCUT2D eigenvalue weighted by Crippen LogP contribution is 2.32. The summed E-state index contributed by atoms with van der Waals surface area (Å²) < 4.78 is 20.0. The Morgan fingerprint density at radius 3 is 1.89 bits per heavy atom. The molecule has 5 rings (SSSR count). The second-order valence-corrected chi connectivity index (χ2v) is 9.67. The van der Waals surface area contributed by atoms with Gasteiger partial charge in [-0.15, -0.1) is 0 Å². The minimum Gasteiger partial charge on any atom is -0.488 e. The number of carbonyl (C=O) groups is 2. The van der Waals surface area contributed by atoms with Gasteiger partial charge in [0.15, 0.2) is 5.11 Å². The van der Waals surface area contributed by atoms with Gasteiger partial charge < -0.3 is 4.74 Å². The Bertz CT molecular complexity index is 1480. The Labute approximate surface area is 232 Å².